The van der Waals surface area contributed by atoms with Crippen molar-refractivity contribution in [3.8, 4) is 0 Å². The Hall–Kier alpha value is -0.730. The van der Waals surface area contributed by atoms with Gasteiger partial charge in [0, 0.05) is 6.54 Å². The van der Waals surface area contributed by atoms with Crippen molar-refractivity contribution in [3.63, 3.8) is 0 Å². The number of carbonyl (C=O) groups is 1. The minimum atomic E-state index is -0.477. The summed E-state index contributed by atoms with van der Waals surface area (Å²) in [6.07, 6.45) is 4.81. The molecule has 0 heterocycles. The van der Waals surface area contributed by atoms with Gasteiger partial charge in [-0.25, -0.2) is 0 Å². The zero-order valence-corrected chi connectivity index (χ0v) is 13.2. The summed E-state index contributed by atoms with van der Waals surface area (Å²) in [5, 5.41) is 9.54. The van der Waals surface area contributed by atoms with Crippen molar-refractivity contribution in [2.75, 3.05) is 45.8 Å². The molecule has 0 radical (unpaired) electrons. The van der Waals surface area contributed by atoms with E-state index in [1.165, 1.54) is 6.42 Å². The second-order valence-corrected chi connectivity index (χ2v) is 5.18. The number of nitrogens with one attached hydrogen (secondary N) is 3. The van der Waals surface area contributed by atoms with Crippen molar-refractivity contribution in [2.45, 2.75) is 38.1 Å². The molecule has 126 valence electrons. The predicted molar refractivity (Wildman–Crippen MR) is 87.9 cm³/mol. The van der Waals surface area contributed by atoms with Crippen LogP contribution in [0.25, 0.3) is 0 Å². The summed E-state index contributed by atoms with van der Waals surface area (Å²) in [5.41, 5.74) is 16.4. The SMILES string of the molecule is NCCCNCCCCNCCCNC(=O)[C@@H](N)CCN. The van der Waals surface area contributed by atoms with Gasteiger partial charge in [0.1, 0.15) is 0 Å². The summed E-state index contributed by atoms with van der Waals surface area (Å²) in [7, 11) is 0. The highest BCUT2D eigenvalue weighted by Crippen LogP contribution is 1.87. The van der Waals surface area contributed by atoms with Crippen molar-refractivity contribution in [3.05, 3.63) is 0 Å². The van der Waals surface area contributed by atoms with E-state index in [0.717, 1.165) is 52.0 Å². The molecule has 1 amide bonds. The first-order chi connectivity index (χ1) is 10.2. The molecule has 7 heteroatoms. The van der Waals surface area contributed by atoms with Gasteiger partial charge in [-0.1, -0.05) is 0 Å². The van der Waals surface area contributed by atoms with Gasteiger partial charge in [0.2, 0.25) is 5.91 Å². The maximum atomic E-state index is 11.5. The maximum absolute atomic E-state index is 11.5. The molecule has 7 nitrogen and oxygen atoms in total. The molecule has 9 N–H and O–H groups in total. The molecule has 0 aliphatic rings. The standard InChI is InChI=1S/C14H34N6O/c15-6-3-10-18-8-1-2-9-19-11-4-12-20-14(21)13(17)5-7-16/h13,18-19H,1-12,15-17H2,(H,20,21)/t13-/m0/s1. The van der Waals surface area contributed by atoms with Crippen molar-refractivity contribution < 1.29 is 4.79 Å². The van der Waals surface area contributed by atoms with Crippen LogP contribution in [0.5, 0.6) is 0 Å². The third kappa shape index (κ3) is 14.0. The van der Waals surface area contributed by atoms with E-state index in [0.29, 0.717) is 19.5 Å². The fourth-order valence-electron chi connectivity index (χ4n) is 1.84. The average Bonchev–Trinajstić information content (AvgIpc) is 2.48. The van der Waals surface area contributed by atoms with E-state index in [1.807, 2.05) is 0 Å². The van der Waals surface area contributed by atoms with E-state index in [9.17, 15) is 4.79 Å². The van der Waals surface area contributed by atoms with Crippen molar-refractivity contribution in [1.29, 1.82) is 0 Å². The van der Waals surface area contributed by atoms with Gasteiger partial charge in [-0.2, -0.15) is 0 Å². The number of hydrogen-bond acceptors (Lipinski definition) is 6. The van der Waals surface area contributed by atoms with Crippen LogP contribution >= 0.6 is 0 Å². The lowest BCUT2D eigenvalue weighted by Gasteiger charge is -2.11. The van der Waals surface area contributed by atoms with Crippen molar-refractivity contribution in [2.24, 2.45) is 17.2 Å². The van der Waals surface area contributed by atoms with Gasteiger partial charge in [0.25, 0.3) is 0 Å². The van der Waals surface area contributed by atoms with Crippen LogP contribution in [0.2, 0.25) is 0 Å². The van der Waals surface area contributed by atoms with Crippen molar-refractivity contribution >= 4 is 5.91 Å². The Morgan fingerprint density at radius 2 is 1.38 bits per heavy atom. The first-order valence-electron chi connectivity index (χ1n) is 8.07. The molecular formula is C14H34N6O. The van der Waals surface area contributed by atoms with Gasteiger partial charge in [-0.15, -0.1) is 0 Å². The Labute approximate surface area is 128 Å². The zero-order valence-electron chi connectivity index (χ0n) is 13.2. The molecule has 21 heavy (non-hydrogen) atoms. The monoisotopic (exact) mass is 302 g/mol. The van der Waals surface area contributed by atoms with Gasteiger partial charge in [-0.05, 0) is 71.4 Å². The molecule has 0 bridgehead atoms. The number of amides is 1. The second-order valence-electron chi connectivity index (χ2n) is 5.18. The Bertz CT molecular complexity index is 240. The largest absolute Gasteiger partial charge is 0.355 e. The summed E-state index contributed by atoms with van der Waals surface area (Å²) < 4.78 is 0. The molecule has 0 rings (SSSR count). The highest BCUT2D eigenvalue weighted by Gasteiger charge is 2.10. The van der Waals surface area contributed by atoms with Crippen LogP contribution in [0, 0.1) is 0 Å². The van der Waals surface area contributed by atoms with Crippen LogP contribution < -0.4 is 33.2 Å². The van der Waals surface area contributed by atoms with E-state index in [2.05, 4.69) is 16.0 Å². The molecule has 1 atom stereocenters. The first-order valence-corrected chi connectivity index (χ1v) is 8.07. The molecule has 0 spiro atoms. The summed E-state index contributed by atoms with van der Waals surface area (Å²) in [4.78, 5) is 11.5. The van der Waals surface area contributed by atoms with E-state index in [1.54, 1.807) is 0 Å². The number of hydrogen-bond donors (Lipinski definition) is 6. The third-order valence-corrected chi connectivity index (χ3v) is 3.16. The maximum Gasteiger partial charge on any atom is 0.236 e. The van der Waals surface area contributed by atoms with E-state index in [4.69, 9.17) is 17.2 Å². The first kappa shape index (κ1) is 20.3. The molecule has 0 aromatic heterocycles. The Kier molecular flexibility index (Phi) is 15.1. The molecule has 0 fully saturated rings. The molecule has 0 saturated carbocycles. The lowest BCUT2D eigenvalue weighted by molar-refractivity contribution is -0.122. The van der Waals surface area contributed by atoms with Gasteiger partial charge >= 0.3 is 0 Å². The summed E-state index contributed by atoms with van der Waals surface area (Å²) in [6.45, 7) is 5.84. The minimum absolute atomic E-state index is 0.107. The molecule has 0 aromatic carbocycles. The molecule has 0 aliphatic heterocycles. The lowest BCUT2D eigenvalue weighted by Crippen LogP contribution is -2.42. The molecule has 0 aliphatic carbocycles. The van der Waals surface area contributed by atoms with Crippen LogP contribution in [0.4, 0.5) is 0 Å². The van der Waals surface area contributed by atoms with E-state index in [-0.39, 0.29) is 5.91 Å². The fourth-order valence-corrected chi connectivity index (χ4v) is 1.84. The Morgan fingerprint density at radius 3 is 1.95 bits per heavy atom. The summed E-state index contributed by atoms with van der Waals surface area (Å²) in [6, 6.07) is -0.477. The van der Waals surface area contributed by atoms with Crippen LogP contribution in [0.3, 0.4) is 0 Å². The van der Waals surface area contributed by atoms with Gasteiger partial charge in [0.15, 0.2) is 0 Å². The third-order valence-electron chi connectivity index (χ3n) is 3.16. The Morgan fingerprint density at radius 1 is 0.810 bits per heavy atom. The van der Waals surface area contributed by atoms with Gasteiger partial charge < -0.3 is 33.2 Å². The number of nitrogens with two attached hydrogens (primary N) is 3. The van der Waals surface area contributed by atoms with Crippen LogP contribution in [0.15, 0.2) is 0 Å². The lowest BCUT2D eigenvalue weighted by atomic mass is 10.2. The molecule has 0 aromatic rings. The minimum Gasteiger partial charge on any atom is -0.355 e. The average molecular weight is 302 g/mol. The molecule has 0 saturated heterocycles. The zero-order chi connectivity index (χ0) is 15.8. The summed E-state index contributed by atoms with van der Waals surface area (Å²) >= 11 is 0. The van der Waals surface area contributed by atoms with Crippen LogP contribution in [0.1, 0.15) is 32.1 Å². The van der Waals surface area contributed by atoms with Gasteiger partial charge in [0.05, 0.1) is 6.04 Å². The number of rotatable bonds is 15. The topological polar surface area (TPSA) is 131 Å². The molecule has 0 unspecified atom stereocenters. The quantitative estimate of drug-likeness (QED) is 0.204. The smallest absolute Gasteiger partial charge is 0.236 e. The number of carbonyl (C=O) groups excluding carboxylic acids is 1. The number of unbranched alkanes of at least 4 members (excludes halogenated alkanes) is 1. The van der Waals surface area contributed by atoms with Crippen molar-refractivity contribution in [1.82, 2.24) is 16.0 Å². The van der Waals surface area contributed by atoms with Crippen LogP contribution in [-0.2, 0) is 4.79 Å². The van der Waals surface area contributed by atoms with E-state index < -0.39 is 6.04 Å². The highest BCUT2D eigenvalue weighted by atomic mass is 16.2. The predicted octanol–water partition coefficient (Wildman–Crippen LogP) is -1.52. The Balaban J connectivity index is 3.17. The van der Waals surface area contributed by atoms with Crippen LogP contribution in [-0.4, -0.2) is 57.8 Å². The fraction of sp³-hybridized carbons (Fsp3) is 0.929. The normalized spacial score (nSPS) is 12.3. The van der Waals surface area contributed by atoms with E-state index >= 15 is 0 Å². The molecular weight excluding hydrogens is 268 g/mol. The second kappa shape index (κ2) is 15.7. The summed E-state index contributed by atoms with van der Waals surface area (Å²) in [5.74, 6) is -0.107. The highest BCUT2D eigenvalue weighted by molar-refractivity contribution is 5.81. The van der Waals surface area contributed by atoms with Gasteiger partial charge in [-0.3, -0.25) is 4.79 Å².